The molecule has 3 rings (SSSR count). The van der Waals surface area contributed by atoms with Gasteiger partial charge in [0.15, 0.2) is 5.82 Å². The molecule has 1 saturated heterocycles. The Labute approximate surface area is 94.9 Å². The van der Waals surface area contributed by atoms with E-state index in [1.54, 1.807) is 0 Å². The molecule has 4 heteroatoms. The molecule has 84 valence electrons. The normalized spacial score (nSPS) is 20.8. The maximum Gasteiger partial charge on any atom is 0.152 e. The van der Waals surface area contributed by atoms with Gasteiger partial charge in [-0.05, 0) is 25.6 Å². The van der Waals surface area contributed by atoms with Crippen LogP contribution in [0.15, 0.2) is 30.7 Å². The van der Waals surface area contributed by atoms with E-state index < -0.39 is 0 Å². The minimum absolute atomic E-state index is 0.594. The van der Waals surface area contributed by atoms with Crippen LogP contribution in [0.25, 0.3) is 5.52 Å². The zero-order valence-electron chi connectivity index (χ0n) is 9.43. The van der Waals surface area contributed by atoms with Gasteiger partial charge in [0.05, 0.1) is 5.52 Å². The first-order valence-corrected chi connectivity index (χ1v) is 5.72. The maximum absolute atomic E-state index is 4.51. The fourth-order valence-electron chi connectivity index (χ4n) is 2.39. The molecule has 2 aromatic heterocycles. The van der Waals surface area contributed by atoms with Crippen LogP contribution in [-0.4, -0.2) is 35.6 Å². The summed E-state index contributed by atoms with van der Waals surface area (Å²) in [5.41, 5.74) is 1.19. The molecule has 0 aliphatic carbocycles. The fraction of sp³-hybridized carbons (Fsp3) is 0.417. The van der Waals surface area contributed by atoms with Gasteiger partial charge >= 0.3 is 0 Å². The van der Waals surface area contributed by atoms with Crippen LogP contribution < -0.4 is 10.2 Å². The Bertz CT molecular complexity index is 490. The lowest BCUT2D eigenvalue weighted by Gasteiger charge is -2.18. The molecule has 0 aromatic carbocycles. The number of hydrogen-bond donors (Lipinski definition) is 1. The van der Waals surface area contributed by atoms with E-state index in [4.69, 9.17) is 0 Å². The minimum Gasteiger partial charge on any atom is -0.353 e. The number of nitrogens with zero attached hydrogens (tertiary/aromatic N) is 3. The van der Waals surface area contributed by atoms with E-state index in [2.05, 4.69) is 37.9 Å². The van der Waals surface area contributed by atoms with Gasteiger partial charge in [-0.2, -0.15) is 0 Å². The summed E-state index contributed by atoms with van der Waals surface area (Å²) in [6.07, 6.45) is 7.12. The third-order valence-corrected chi connectivity index (χ3v) is 3.33. The molecule has 0 spiro atoms. The summed E-state index contributed by atoms with van der Waals surface area (Å²) < 4.78 is 2.12. The molecule has 3 heterocycles. The summed E-state index contributed by atoms with van der Waals surface area (Å²) in [7, 11) is 2.03. The fourth-order valence-corrected chi connectivity index (χ4v) is 2.39. The molecule has 1 aliphatic heterocycles. The van der Waals surface area contributed by atoms with E-state index in [1.165, 1.54) is 11.9 Å². The van der Waals surface area contributed by atoms with E-state index in [9.17, 15) is 0 Å². The summed E-state index contributed by atoms with van der Waals surface area (Å²) in [5.74, 6) is 1.10. The first kappa shape index (κ1) is 9.66. The van der Waals surface area contributed by atoms with E-state index in [0.717, 1.165) is 18.9 Å². The zero-order valence-corrected chi connectivity index (χ0v) is 9.43. The second kappa shape index (κ2) is 3.79. The van der Waals surface area contributed by atoms with Crippen LogP contribution in [0.2, 0.25) is 0 Å². The Morgan fingerprint density at radius 3 is 3.19 bits per heavy atom. The third kappa shape index (κ3) is 1.46. The molecule has 0 amide bonds. The molecule has 16 heavy (non-hydrogen) atoms. The minimum atomic E-state index is 0.594. The van der Waals surface area contributed by atoms with Gasteiger partial charge < -0.3 is 14.6 Å². The Hall–Kier alpha value is -1.55. The average Bonchev–Trinajstić information content (AvgIpc) is 2.97. The Morgan fingerprint density at radius 1 is 1.44 bits per heavy atom. The predicted molar refractivity (Wildman–Crippen MR) is 64.9 cm³/mol. The molecule has 1 fully saturated rings. The quantitative estimate of drug-likeness (QED) is 0.817. The smallest absolute Gasteiger partial charge is 0.152 e. The van der Waals surface area contributed by atoms with Crippen LogP contribution >= 0.6 is 0 Å². The summed E-state index contributed by atoms with van der Waals surface area (Å²) in [6, 6.07) is 4.78. The van der Waals surface area contributed by atoms with Crippen molar-refractivity contribution in [3.05, 3.63) is 30.7 Å². The first-order valence-electron chi connectivity index (χ1n) is 5.72. The highest BCUT2D eigenvalue weighted by Crippen LogP contribution is 2.23. The second-order valence-corrected chi connectivity index (χ2v) is 4.27. The molecule has 4 nitrogen and oxygen atoms in total. The SMILES string of the molecule is CNC1CCN(c2nccn3cccc23)C1. The van der Waals surface area contributed by atoms with Gasteiger partial charge in [-0.3, -0.25) is 0 Å². The van der Waals surface area contributed by atoms with Crippen molar-refractivity contribution < 1.29 is 0 Å². The highest BCUT2D eigenvalue weighted by Gasteiger charge is 2.23. The summed E-state index contributed by atoms with van der Waals surface area (Å²) in [5, 5.41) is 3.33. The monoisotopic (exact) mass is 216 g/mol. The van der Waals surface area contributed by atoms with E-state index >= 15 is 0 Å². The van der Waals surface area contributed by atoms with Crippen molar-refractivity contribution in [2.45, 2.75) is 12.5 Å². The van der Waals surface area contributed by atoms with Gasteiger partial charge in [-0.25, -0.2) is 4.98 Å². The number of aromatic nitrogens is 2. The number of likely N-dealkylation sites (N-methyl/N-ethyl adjacent to an activating group) is 1. The lowest BCUT2D eigenvalue weighted by Crippen LogP contribution is -2.30. The van der Waals surface area contributed by atoms with Crippen LogP contribution in [-0.2, 0) is 0 Å². The van der Waals surface area contributed by atoms with Crippen molar-refractivity contribution in [2.75, 3.05) is 25.0 Å². The number of rotatable bonds is 2. The standard InChI is InChI=1S/C12H16N4/c1-13-10-4-7-16(9-10)12-11-3-2-6-15(11)8-5-14-12/h2-3,5-6,8,10,13H,4,7,9H2,1H3. The lowest BCUT2D eigenvalue weighted by molar-refractivity contribution is 0.616. The van der Waals surface area contributed by atoms with Crippen LogP contribution in [0.4, 0.5) is 5.82 Å². The van der Waals surface area contributed by atoms with Gasteiger partial charge in [-0.15, -0.1) is 0 Å². The number of hydrogen-bond acceptors (Lipinski definition) is 3. The first-order chi connectivity index (χ1) is 7.88. The van der Waals surface area contributed by atoms with Gasteiger partial charge in [0.25, 0.3) is 0 Å². The highest BCUT2D eigenvalue weighted by molar-refractivity contribution is 5.69. The average molecular weight is 216 g/mol. The molecule has 1 aliphatic rings. The second-order valence-electron chi connectivity index (χ2n) is 4.27. The van der Waals surface area contributed by atoms with Crippen molar-refractivity contribution in [1.82, 2.24) is 14.7 Å². The predicted octanol–water partition coefficient (Wildman–Crippen LogP) is 1.13. The largest absolute Gasteiger partial charge is 0.353 e. The van der Waals surface area contributed by atoms with Crippen molar-refractivity contribution in [3.63, 3.8) is 0 Å². The molecular weight excluding hydrogens is 200 g/mol. The van der Waals surface area contributed by atoms with E-state index in [1.807, 2.05) is 19.4 Å². The Balaban J connectivity index is 1.97. The van der Waals surface area contributed by atoms with Crippen molar-refractivity contribution >= 4 is 11.3 Å². The molecule has 0 saturated carbocycles. The van der Waals surface area contributed by atoms with E-state index in [-0.39, 0.29) is 0 Å². The summed E-state index contributed by atoms with van der Waals surface area (Å²) >= 11 is 0. The Morgan fingerprint density at radius 2 is 2.38 bits per heavy atom. The number of nitrogens with one attached hydrogen (secondary N) is 1. The third-order valence-electron chi connectivity index (χ3n) is 3.33. The highest BCUT2D eigenvalue weighted by atomic mass is 15.2. The topological polar surface area (TPSA) is 32.6 Å². The zero-order chi connectivity index (χ0) is 11.0. The van der Waals surface area contributed by atoms with Gasteiger partial charge in [0.1, 0.15) is 0 Å². The molecule has 1 atom stereocenters. The van der Waals surface area contributed by atoms with Gasteiger partial charge in [-0.1, -0.05) is 0 Å². The van der Waals surface area contributed by atoms with Crippen LogP contribution in [0.1, 0.15) is 6.42 Å². The maximum atomic E-state index is 4.51. The number of fused-ring (bicyclic) bond motifs is 1. The van der Waals surface area contributed by atoms with Crippen LogP contribution in [0.3, 0.4) is 0 Å². The molecule has 1 N–H and O–H groups in total. The molecular formula is C12H16N4. The van der Waals surface area contributed by atoms with E-state index in [0.29, 0.717) is 6.04 Å². The van der Waals surface area contributed by atoms with Crippen LogP contribution in [0, 0.1) is 0 Å². The van der Waals surface area contributed by atoms with Crippen LogP contribution in [0.5, 0.6) is 0 Å². The summed E-state index contributed by atoms with van der Waals surface area (Å²) in [6.45, 7) is 2.14. The lowest BCUT2D eigenvalue weighted by atomic mass is 10.3. The molecule has 0 bridgehead atoms. The molecule has 0 radical (unpaired) electrons. The van der Waals surface area contributed by atoms with Crippen molar-refractivity contribution in [1.29, 1.82) is 0 Å². The number of anilines is 1. The molecule has 2 aromatic rings. The van der Waals surface area contributed by atoms with Crippen molar-refractivity contribution in [3.8, 4) is 0 Å². The van der Waals surface area contributed by atoms with Gasteiger partial charge in [0, 0.05) is 37.7 Å². The Kier molecular flexibility index (Phi) is 2.29. The molecule has 1 unspecified atom stereocenters. The summed E-state index contributed by atoms with van der Waals surface area (Å²) in [4.78, 5) is 6.86. The van der Waals surface area contributed by atoms with Gasteiger partial charge in [0.2, 0.25) is 0 Å². The van der Waals surface area contributed by atoms with Crippen molar-refractivity contribution in [2.24, 2.45) is 0 Å².